The number of halogens is 3. The van der Waals surface area contributed by atoms with Gasteiger partial charge in [-0.1, -0.05) is 42.5 Å². The Kier molecular flexibility index (Phi) is 10.8. The molecule has 144 valence electrons. The summed E-state index contributed by atoms with van der Waals surface area (Å²) in [7, 11) is 0. The second-order valence-electron chi connectivity index (χ2n) is 6.65. The average Bonchev–Trinajstić information content (AvgIpc) is 2.62. The molecule has 0 aliphatic carbocycles. The van der Waals surface area contributed by atoms with Crippen molar-refractivity contribution in [2.45, 2.75) is 19.3 Å². The fourth-order valence-corrected chi connectivity index (χ4v) is 3.37. The predicted octanol–water partition coefficient (Wildman–Crippen LogP) is 4.46. The summed E-state index contributed by atoms with van der Waals surface area (Å²) >= 11 is 0. The van der Waals surface area contributed by atoms with Gasteiger partial charge in [-0.15, -0.1) is 24.8 Å². The average molecular weight is 399 g/mol. The van der Waals surface area contributed by atoms with Gasteiger partial charge in [-0.25, -0.2) is 4.39 Å². The van der Waals surface area contributed by atoms with Crippen LogP contribution in [0.15, 0.2) is 54.6 Å². The second-order valence-corrected chi connectivity index (χ2v) is 6.65. The Bertz CT molecular complexity index is 616. The maximum absolute atomic E-state index is 13.2. The van der Waals surface area contributed by atoms with E-state index in [4.69, 9.17) is 0 Å². The first-order valence-corrected chi connectivity index (χ1v) is 9.03. The summed E-state index contributed by atoms with van der Waals surface area (Å²) in [6, 6.07) is 17.7. The Morgan fingerprint density at radius 3 is 1.96 bits per heavy atom. The molecule has 1 aliphatic rings. The molecule has 1 saturated heterocycles. The Morgan fingerprint density at radius 1 is 0.692 bits per heavy atom. The highest BCUT2D eigenvalue weighted by molar-refractivity contribution is 5.85. The van der Waals surface area contributed by atoms with Crippen LogP contribution in [0.3, 0.4) is 0 Å². The van der Waals surface area contributed by atoms with E-state index in [0.717, 1.165) is 44.7 Å². The largest absolute Gasteiger partial charge is 0.301 e. The maximum Gasteiger partial charge on any atom is 0.123 e. The topological polar surface area (TPSA) is 6.48 Å². The molecule has 1 heterocycles. The van der Waals surface area contributed by atoms with Crippen molar-refractivity contribution in [3.05, 3.63) is 71.5 Å². The van der Waals surface area contributed by atoms with Crippen molar-refractivity contribution in [2.75, 3.05) is 39.3 Å². The van der Waals surface area contributed by atoms with Gasteiger partial charge < -0.3 is 9.80 Å². The van der Waals surface area contributed by atoms with Crippen LogP contribution in [0.2, 0.25) is 0 Å². The summed E-state index contributed by atoms with van der Waals surface area (Å²) in [5.74, 6) is -0.129. The van der Waals surface area contributed by atoms with Gasteiger partial charge in [0.05, 0.1) is 0 Å². The molecule has 3 rings (SSSR count). The van der Waals surface area contributed by atoms with Gasteiger partial charge in [-0.2, -0.15) is 0 Å². The van der Waals surface area contributed by atoms with Crippen molar-refractivity contribution >= 4 is 24.8 Å². The SMILES string of the molecule is Cl.Cl.Fc1cccc(CCN2CCN(CCCc3ccccc3)CC2)c1. The van der Waals surface area contributed by atoms with Crippen LogP contribution in [0.5, 0.6) is 0 Å². The van der Waals surface area contributed by atoms with E-state index in [9.17, 15) is 4.39 Å². The summed E-state index contributed by atoms with van der Waals surface area (Å²) in [6.07, 6.45) is 3.33. The molecule has 0 saturated carbocycles. The number of aryl methyl sites for hydroxylation is 1. The molecule has 0 radical (unpaired) electrons. The highest BCUT2D eigenvalue weighted by atomic mass is 35.5. The van der Waals surface area contributed by atoms with Crippen LogP contribution >= 0.6 is 24.8 Å². The van der Waals surface area contributed by atoms with Crippen molar-refractivity contribution in [1.29, 1.82) is 0 Å². The zero-order valence-electron chi connectivity index (χ0n) is 15.1. The quantitative estimate of drug-likeness (QED) is 0.678. The monoisotopic (exact) mass is 398 g/mol. The van der Waals surface area contributed by atoms with Gasteiger partial charge in [0.2, 0.25) is 0 Å². The Hall–Kier alpha value is -1.13. The molecule has 0 aromatic heterocycles. The van der Waals surface area contributed by atoms with Crippen LogP contribution in [0, 0.1) is 5.82 Å². The number of piperazine rings is 1. The van der Waals surface area contributed by atoms with Crippen molar-refractivity contribution in [1.82, 2.24) is 9.80 Å². The first-order chi connectivity index (χ1) is 11.8. The molecular weight excluding hydrogens is 370 g/mol. The fraction of sp³-hybridized carbons (Fsp3) is 0.429. The van der Waals surface area contributed by atoms with Gasteiger partial charge in [-0.3, -0.25) is 0 Å². The molecule has 0 N–H and O–H groups in total. The zero-order chi connectivity index (χ0) is 16.6. The second kappa shape index (κ2) is 12.3. The van der Waals surface area contributed by atoms with Gasteiger partial charge in [-0.05, 0) is 49.1 Å². The number of nitrogens with zero attached hydrogens (tertiary/aromatic N) is 2. The van der Waals surface area contributed by atoms with Crippen LogP contribution in [-0.2, 0) is 12.8 Å². The van der Waals surface area contributed by atoms with Crippen molar-refractivity contribution in [2.24, 2.45) is 0 Å². The molecule has 0 bridgehead atoms. The number of rotatable bonds is 7. The number of hydrogen-bond acceptors (Lipinski definition) is 2. The Morgan fingerprint density at radius 2 is 1.31 bits per heavy atom. The number of benzene rings is 2. The Balaban J connectivity index is 0.00000169. The van der Waals surface area contributed by atoms with Crippen LogP contribution in [0.4, 0.5) is 4.39 Å². The molecule has 1 fully saturated rings. The molecule has 0 atom stereocenters. The highest BCUT2D eigenvalue weighted by Gasteiger charge is 2.16. The minimum Gasteiger partial charge on any atom is -0.301 e. The summed E-state index contributed by atoms with van der Waals surface area (Å²) in [6.45, 7) is 6.77. The number of hydrogen-bond donors (Lipinski definition) is 0. The minimum atomic E-state index is -0.129. The molecule has 5 heteroatoms. The molecule has 2 nitrogen and oxygen atoms in total. The van der Waals surface area contributed by atoms with E-state index in [0.29, 0.717) is 0 Å². The molecule has 2 aromatic carbocycles. The van der Waals surface area contributed by atoms with Gasteiger partial charge in [0.1, 0.15) is 5.82 Å². The van der Waals surface area contributed by atoms with E-state index >= 15 is 0 Å². The van der Waals surface area contributed by atoms with Crippen molar-refractivity contribution < 1.29 is 4.39 Å². The van der Waals surface area contributed by atoms with E-state index in [1.54, 1.807) is 12.1 Å². The van der Waals surface area contributed by atoms with Gasteiger partial charge in [0, 0.05) is 32.7 Å². The van der Waals surface area contributed by atoms with Crippen LogP contribution in [-0.4, -0.2) is 49.1 Å². The molecule has 26 heavy (non-hydrogen) atoms. The molecule has 0 amide bonds. The van der Waals surface area contributed by atoms with E-state index in [-0.39, 0.29) is 30.6 Å². The first-order valence-electron chi connectivity index (χ1n) is 9.03. The summed E-state index contributed by atoms with van der Waals surface area (Å²) in [5.41, 5.74) is 2.53. The molecule has 0 unspecified atom stereocenters. The first kappa shape index (κ1) is 22.9. The third-order valence-corrected chi connectivity index (χ3v) is 4.85. The predicted molar refractivity (Wildman–Crippen MR) is 112 cm³/mol. The van der Waals surface area contributed by atoms with Gasteiger partial charge in [0.25, 0.3) is 0 Å². The fourth-order valence-electron chi connectivity index (χ4n) is 3.37. The molecule has 2 aromatic rings. The standard InChI is InChI=1S/C21H27FN2.2ClH/c22-21-10-4-8-20(18-21)11-13-24-16-14-23(15-17-24)12-5-9-19-6-2-1-3-7-19;;/h1-4,6-8,10,18H,5,9,11-17H2;2*1H. The lowest BCUT2D eigenvalue weighted by Gasteiger charge is -2.34. The molecular formula is C21H29Cl2FN2. The lowest BCUT2D eigenvalue weighted by atomic mass is 10.1. The van der Waals surface area contributed by atoms with Crippen molar-refractivity contribution in [3.8, 4) is 0 Å². The minimum absolute atomic E-state index is 0. The van der Waals surface area contributed by atoms with Crippen LogP contribution in [0.1, 0.15) is 17.5 Å². The highest BCUT2D eigenvalue weighted by Crippen LogP contribution is 2.09. The summed E-state index contributed by atoms with van der Waals surface area (Å²) < 4.78 is 13.2. The van der Waals surface area contributed by atoms with Crippen LogP contribution < -0.4 is 0 Å². The van der Waals surface area contributed by atoms with Crippen LogP contribution in [0.25, 0.3) is 0 Å². The Labute approximate surface area is 169 Å². The molecule has 0 spiro atoms. The van der Waals surface area contributed by atoms with Gasteiger partial charge >= 0.3 is 0 Å². The molecule has 1 aliphatic heterocycles. The summed E-state index contributed by atoms with van der Waals surface area (Å²) in [5, 5.41) is 0. The lowest BCUT2D eigenvalue weighted by molar-refractivity contribution is 0.132. The van der Waals surface area contributed by atoms with E-state index in [2.05, 4.69) is 40.1 Å². The third-order valence-electron chi connectivity index (χ3n) is 4.85. The van der Waals surface area contributed by atoms with E-state index in [1.165, 1.54) is 31.0 Å². The third kappa shape index (κ3) is 7.63. The normalized spacial score (nSPS) is 15.1. The summed E-state index contributed by atoms with van der Waals surface area (Å²) in [4.78, 5) is 5.07. The zero-order valence-corrected chi connectivity index (χ0v) is 16.8. The van der Waals surface area contributed by atoms with E-state index in [1.807, 2.05) is 6.07 Å². The smallest absolute Gasteiger partial charge is 0.123 e. The lowest BCUT2D eigenvalue weighted by Crippen LogP contribution is -2.47. The van der Waals surface area contributed by atoms with Gasteiger partial charge in [0.15, 0.2) is 0 Å². The van der Waals surface area contributed by atoms with E-state index < -0.39 is 0 Å². The van der Waals surface area contributed by atoms with Crippen molar-refractivity contribution in [3.63, 3.8) is 0 Å². The maximum atomic E-state index is 13.2.